The largest absolute Gasteiger partial charge is 0.376 e. The summed E-state index contributed by atoms with van der Waals surface area (Å²) >= 11 is 0. The van der Waals surface area contributed by atoms with Gasteiger partial charge in [-0.15, -0.1) is 0 Å². The molecule has 0 amide bonds. The molecule has 0 spiro atoms. The fourth-order valence-electron chi connectivity index (χ4n) is 3.01. The summed E-state index contributed by atoms with van der Waals surface area (Å²) in [6, 6.07) is 10.3. The summed E-state index contributed by atoms with van der Waals surface area (Å²) < 4.78 is 7.94. The molecule has 1 aromatic carbocycles. The molecule has 0 bridgehead atoms. The van der Waals surface area contributed by atoms with E-state index < -0.39 is 0 Å². The number of hydrogen-bond acceptors (Lipinski definition) is 3. The minimum atomic E-state index is 0.311. The second-order valence-corrected chi connectivity index (χ2v) is 5.41. The average molecular weight is 279 g/mol. The van der Waals surface area contributed by atoms with E-state index in [-0.39, 0.29) is 0 Å². The van der Waals surface area contributed by atoms with Crippen molar-refractivity contribution in [1.29, 1.82) is 0 Å². The lowest BCUT2D eigenvalue weighted by atomic mass is 10.1. The zero-order valence-corrected chi connectivity index (χ0v) is 11.8. The molecule has 106 valence electrons. The highest BCUT2D eigenvalue weighted by Crippen LogP contribution is 2.27. The van der Waals surface area contributed by atoms with E-state index in [1.807, 2.05) is 36.8 Å². The zero-order valence-electron chi connectivity index (χ0n) is 11.8. The molecule has 4 rings (SSSR count). The zero-order chi connectivity index (χ0) is 14.1. The first-order valence-electron chi connectivity index (χ1n) is 7.39. The highest BCUT2D eigenvalue weighted by Gasteiger charge is 2.18. The Morgan fingerprint density at radius 2 is 2.14 bits per heavy atom. The minimum Gasteiger partial charge on any atom is -0.376 e. The molecule has 0 N–H and O–H groups in total. The quantitative estimate of drug-likeness (QED) is 0.738. The van der Waals surface area contributed by atoms with Crippen LogP contribution in [0.1, 0.15) is 12.8 Å². The number of pyridine rings is 1. The summed E-state index contributed by atoms with van der Waals surface area (Å²) in [4.78, 5) is 8.98. The molecule has 3 aromatic rings. The van der Waals surface area contributed by atoms with Crippen molar-refractivity contribution in [2.24, 2.45) is 0 Å². The average Bonchev–Trinajstić information content (AvgIpc) is 3.19. The van der Waals surface area contributed by atoms with Gasteiger partial charge in [0.15, 0.2) is 0 Å². The van der Waals surface area contributed by atoms with Gasteiger partial charge >= 0.3 is 0 Å². The van der Waals surface area contributed by atoms with Crippen LogP contribution in [0.3, 0.4) is 0 Å². The van der Waals surface area contributed by atoms with E-state index in [1.165, 1.54) is 0 Å². The van der Waals surface area contributed by atoms with Crippen LogP contribution in [0.25, 0.3) is 22.3 Å². The van der Waals surface area contributed by atoms with Crippen LogP contribution < -0.4 is 0 Å². The number of hydrogen-bond donors (Lipinski definition) is 0. The maximum absolute atomic E-state index is 5.74. The summed E-state index contributed by atoms with van der Waals surface area (Å²) in [5.41, 5.74) is 2.13. The number of rotatable bonds is 3. The predicted molar refractivity (Wildman–Crippen MR) is 81.9 cm³/mol. The van der Waals surface area contributed by atoms with E-state index in [2.05, 4.69) is 26.7 Å². The lowest BCUT2D eigenvalue weighted by Crippen LogP contribution is -2.15. The predicted octanol–water partition coefficient (Wildman–Crippen LogP) is 3.28. The van der Waals surface area contributed by atoms with Crippen molar-refractivity contribution in [3.8, 4) is 11.4 Å². The van der Waals surface area contributed by atoms with Crippen molar-refractivity contribution in [3.05, 3.63) is 48.9 Å². The van der Waals surface area contributed by atoms with Crippen molar-refractivity contribution in [2.45, 2.75) is 25.5 Å². The Hall–Kier alpha value is -2.20. The second-order valence-electron chi connectivity index (χ2n) is 5.41. The van der Waals surface area contributed by atoms with E-state index in [1.54, 1.807) is 0 Å². The molecule has 0 aliphatic carbocycles. The molecule has 1 aliphatic rings. The molecule has 1 atom stereocenters. The summed E-state index contributed by atoms with van der Waals surface area (Å²) in [6.07, 6.45) is 8.32. The molecule has 0 saturated carbocycles. The number of nitrogens with zero attached hydrogens (tertiary/aromatic N) is 3. The molecule has 4 heteroatoms. The van der Waals surface area contributed by atoms with Gasteiger partial charge in [0.2, 0.25) is 0 Å². The first kappa shape index (κ1) is 12.5. The lowest BCUT2D eigenvalue weighted by Gasteiger charge is -2.14. The van der Waals surface area contributed by atoms with Gasteiger partial charge in [0.25, 0.3) is 0 Å². The van der Waals surface area contributed by atoms with E-state index in [0.717, 1.165) is 48.3 Å². The molecule has 4 nitrogen and oxygen atoms in total. The molecule has 1 aliphatic heterocycles. The first-order chi connectivity index (χ1) is 10.4. The smallest absolute Gasteiger partial charge is 0.140 e. The molecular formula is C17H17N3O. The summed E-state index contributed by atoms with van der Waals surface area (Å²) in [6.45, 7) is 1.75. The third kappa shape index (κ3) is 2.32. The number of imidazole rings is 1. The standard InChI is InChI=1S/C17H17N3O/c1-5-15(14-6-2-8-18-16(14)7-1)17-19-9-10-20(17)12-13-4-3-11-21-13/h1-2,5-10,13H,3-4,11-12H2. The number of ether oxygens (including phenoxy) is 1. The molecular weight excluding hydrogens is 262 g/mol. The molecule has 1 fully saturated rings. The normalized spacial score (nSPS) is 18.4. The fraction of sp³-hybridized carbons (Fsp3) is 0.294. The SMILES string of the molecule is c1cc(-c2nccn2CC2CCCO2)c2cccnc2c1. The van der Waals surface area contributed by atoms with Crippen LogP contribution in [-0.2, 0) is 11.3 Å². The van der Waals surface area contributed by atoms with Crippen LogP contribution in [0.2, 0.25) is 0 Å². The van der Waals surface area contributed by atoms with Crippen molar-refractivity contribution in [1.82, 2.24) is 14.5 Å². The Balaban J connectivity index is 1.77. The van der Waals surface area contributed by atoms with Gasteiger partial charge in [-0.25, -0.2) is 4.98 Å². The Labute approximate surface area is 123 Å². The first-order valence-corrected chi connectivity index (χ1v) is 7.39. The Kier molecular flexibility index (Phi) is 3.16. The van der Waals surface area contributed by atoms with Gasteiger partial charge in [-0.1, -0.05) is 18.2 Å². The van der Waals surface area contributed by atoms with Crippen LogP contribution in [0.4, 0.5) is 0 Å². The van der Waals surface area contributed by atoms with Crippen molar-refractivity contribution in [2.75, 3.05) is 6.61 Å². The molecule has 3 heterocycles. The Bertz CT molecular complexity index is 754. The maximum atomic E-state index is 5.74. The van der Waals surface area contributed by atoms with Crippen LogP contribution in [0.15, 0.2) is 48.9 Å². The van der Waals surface area contributed by atoms with Crippen LogP contribution in [0, 0.1) is 0 Å². The van der Waals surface area contributed by atoms with Gasteiger partial charge in [0, 0.05) is 36.1 Å². The van der Waals surface area contributed by atoms with Gasteiger partial charge < -0.3 is 9.30 Å². The molecule has 1 unspecified atom stereocenters. The molecule has 0 radical (unpaired) electrons. The van der Waals surface area contributed by atoms with Crippen LogP contribution in [-0.4, -0.2) is 27.2 Å². The second kappa shape index (κ2) is 5.30. The summed E-state index contributed by atoms with van der Waals surface area (Å²) in [5.74, 6) is 0.990. The van der Waals surface area contributed by atoms with E-state index in [9.17, 15) is 0 Å². The highest BCUT2D eigenvalue weighted by atomic mass is 16.5. The maximum Gasteiger partial charge on any atom is 0.140 e. The van der Waals surface area contributed by atoms with Gasteiger partial charge in [0.05, 0.1) is 18.2 Å². The van der Waals surface area contributed by atoms with Crippen molar-refractivity contribution < 1.29 is 4.74 Å². The number of benzene rings is 1. The monoisotopic (exact) mass is 279 g/mol. The lowest BCUT2D eigenvalue weighted by molar-refractivity contribution is 0.0974. The highest BCUT2D eigenvalue weighted by molar-refractivity contribution is 5.92. The Morgan fingerprint density at radius 3 is 3.05 bits per heavy atom. The van der Waals surface area contributed by atoms with Crippen molar-refractivity contribution >= 4 is 10.9 Å². The minimum absolute atomic E-state index is 0.311. The molecule has 21 heavy (non-hydrogen) atoms. The summed E-state index contributed by atoms with van der Waals surface area (Å²) in [5, 5.41) is 1.14. The van der Waals surface area contributed by atoms with E-state index >= 15 is 0 Å². The third-order valence-corrected chi connectivity index (χ3v) is 4.03. The number of fused-ring (bicyclic) bond motifs is 1. The van der Waals surface area contributed by atoms with E-state index in [0.29, 0.717) is 6.10 Å². The van der Waals surface area contributed by atoms with Crippen LogP contribution >= 0.6 is 0 Å². The third-order valence-electron chi connectivity index (χ3n) is 4.03. The van der Waals surface area contributed by atoms with Gasteiger partial charge in [-0.05, 0) is 25.0 Å². The van der Waals surface area contributed by atoms with E-state index in [4.69, 9.17) is 4.74 Å². The Morgan fingerprint density at radius 1 is 1.14 bits per heavy atom. The topological polar surface area (TPSA) is 39.9 Å². The van der Waals surface area contributed by atoms with Crippen molar-refractivity contribution in [3.63, 3.8) is 0 Å². The summed E-state index contributed by atoms with van der Waals surface area (Å²) in [7, 11) is 0. The van der Waals surface area contributed by atoms with Gasteiger partial charge in [0.1, 0.15) is 5.82 Å². The number of aromatic nitrogens is 3. The molecule has 1 saturated heterocycles. The van der Waals surface area contributed by atoms with Crippen LogP contribution in [0.5, 0.6) is 0 Å². The van der Waals surface area contributed by atoms with Gasteiger partial charge in [-0.3, -0.25) is 4.98 Å². The fourth-order valence-corrected chi connectivity index (χ4v) is 3.01. The van der Waals surface area contributed by atoms with Gasteiger partial charge in [-0.2, -0.15) is 0 Å². The molecule has 2 aromatic heterocycles.